The van der Waals surface area contributed by atoms with Crippen LogP contribution < -0.4 is 20.4 Å². The molecule has 0 bridgehead atoms. The molecule has 246 valence electrons. The average Bonchev–Trinajstić information content (AvgIpc) is 3.42. The minimum Gasteiger partial charge on any atom is -0.872 e. The Morgan fingerprint density at radius 1 is 0.609 bits per heavy atom. The summed E-state index contributed by atoms with van der Waals surface area (Å²) in [4.78, 5) is 23.4. The van der Waals surface area contributed by atoms with Gasteiger partial charge in [0.2, 0.25) is 0 Å². The van der Waals surface area contributed by atoms with Crippen LogP contribution >= 0.6 is 0 Å². The Morgan fingerprint density at radius 2 is 0.978 bits per heavy atom. The molecule has 4 aromatic carbocycles. The molecule has 12 heteroatoms. The maximum absolute atomic E-state index is 12.6. The molecule has 10 nitrogen and oxygen atoms in total. The molecule has 1 aliphatic rings. The monoisotopic (exact) mass is 715 g/mol. The number of benzene rings is 4. The predicted octanol–water partition coefficient (Wildman–Crippen LogP) is 1.50. The summed E-state index contributed by atoms with van der Waals surface area (Å²) < 4.78 is 0. The maximum atomic E-state index is 12.6. The van der Waals surface area contributed by atoms with Gasteiger partial charge in [0.05, 0.1) is 19.3 Å². The fourth-order valence-corrected chi connectivity index (χ4v) is 4.74. The molecular formula is C34H34CuN4NiO6+. The number of rotatable bonds is 10. The van der Waals surface area contributed by atoms with Gasteiger partial charge in [0.15, 0.2) is 0 Å². The summed E-state index contributed by atoms with van der Waals surface area (Å²) in [6.07, 6.45) is 3.64. The Balaban J connectivity index is 0.000000765. The van der Waals surface area contributed by atoms with Crippen LogP contribution in [0.3, 0.4) is 0 Å². The second kappa shape index (κ2) is 20.9. The van der Waals surface area contributed by atoms with Crippen molar-refractivity contribution in [1.29, 1.82) is 0 Å². The first-order chi connectivity index (χ1) is 21.0. The van der Waals surface area contributed by atoms with Gasteiger partial charge in [-0.3, -0.25) is 24.6 Å². The number of carbonyl (C=O) groups excluding carboxylic acids is 1. The number of para-hydroxylation sites is 4. The van der Waals surface area contributed by atoms with Gasteiger partial charge >= 0.3 is 33.6 Å². The Hall–Kier alpha value is -4.02. The van der Waals surface area contributed by atoms with Crippen LogP contribution in [0, 0.1) is 0 Å². The molecule has 1 saturated heterocycles. The van der Waals surface area contributed by atoms with E-state index in [0.717, 1.165) is 18.7 Å². The van der Waals surface area contributed by atoms with Gasteiger partial charge in [-0.05, 0) is 16.7 Å². The molecule has 2 radical (unpaired) electrons. The molecule has 4 aromatic rings. The fourth-order valence-electron chi connectivity index (χ4n) is 4.74. The third kappa shape index (κ3) is 11.4. The molecule has 1 aliphatic heterocycles. The largest absolute Gasteiger partial charge is 3.00 e. The van der Waals surface area contributed by atoms with Crippen LogP contribution in [0.5, 0.6) is 23.0 Å². The molecule has 0 spiro atoms. The van der Waals surface area contributed by atoms with Gasteiger partial charge in [-0.2, -0.15) is 0 Å². The molecule has 1 fully saturated rings. The van der Waals surface area contributed by atoms with Crippen LogP contribution in [-0.2, 0) is 33.6 Å². The molecule has 1 heterocycles. The minimum atomic E-state index is -0.215. The van der Waals surface area contributed by atoms with E-state index >= 15 is 0 Å². The second-order valence-electron chi connectivity index (χ2n) is 9.79. The topological polar surface area (TPSA) is 172 Å². The van der Waals surface area contributed by atoms with Gasteiger partial charge < -0.3 is 25.9 Å². The van der Waals surface area contributed by atoms with Gasteiger partial charge in [0, 0.05) is 44.2 Å². The van der Waals surface area contributed by atoms with E-state index in [2.05, 4.69) is 19.8 Å². The van der Waals surface area contributed by atoms with E-state index in [1.165, 1.54) is 24.3 Å². The molecule has 0 unspecified atom stereocenters. The van der Waals surface area contributed by atoms with E-state index < -0.39 is 0 Å². The summed E-state index contributed by atoms with van der Waals surface area (Å²) in [5, 5.41) is 46.9. The van der Waals surface area contributed by atoms with Gasteiger partial charge in [-0.1, -0.05) is 103 Å². The summed E-state index contributed by atoms with van der Waals surface area (Å²) in [6.45, 7) is 4.00. The first-order valence-corrected chi connectivity index (χ1v) is 13.9. The van der Waals surface area contributed by atoms with E-state index in [-0.39, 0.29) is 73.8 Å². The molecular weight excluding hydrogens is 683 g/mol. The Kier molecular flexibility index (Phi) is 18.2. The van der Waals surface area contributed by atoms with Crippen molar-refractivity contribution in [3.05, 3.63) is 119 Å². The summed E-state index contributed by atoms with van der Waals surface area (Å²) in [6, 6.07) is 26.9. The molecule has 0 aromatic heterocycles. The van der Waals surface area contributed by atoms with Crippen molar-refractivity contribution in [2.24, 2.45) is 9.98 Å². The van der Waals surface area contributed by atoms with E-state index in [1.807, 2.05) is 24.3 Å². The number of carbonyl (C=O) groups is 1. The van der Waals surface area contributed by atoms with Crippen molar-refractivity contribution in [2.75, 3.05) is 39.3 Å². The zero-order valence-electron chi connectivity index (χ0n) is 24.7. The zero-order valence-corrected chi connectivity index (χ0v) is 26.7. The summed E-state index contributed by atoms with van der Waals surface area (Å²) >= 11 is 0. The first kappa shape index (κ1) is 40.0. The zero-order chi connectivity index (χ0) is 30.4. The summed E-state index contributed by atoms with van der Waals surface area (Å²) in [7, 11) is 0. The molecule has 46 heavy (non-hydrogen) atoms. The molecule has 0 amide bonds. The van der Waals surface area contributed by atoms with Crippen molar-refractivity contribution in [3.8, 4) is 23.0 Å². The smallest absolute Gasteiger partial charge is 0.872 e. The van der Waals surface area contributed by atoms with Crippen LogP contribution in [0.4, 0.5) is 0 Å². The second-order valence-corrected chi connectivity index (χ2v) is 9.79. The predicted molar refractivity (Wildman–Crippen MR) is 163 cm³/mol. The van der Waals surface area contributed by atoms with Crippen LogP contribution in [0.2, 0.25) is 0 Å². The Bertz CT molecular complexity index is 1490. The van der Waals surface area contributed by atoms with E-state index in [0.29, 0.717) is 43.6 Å². The Labute approximate surface area is 289 Å². The van der Waals surface area contributed by atoms with Crippen molar-refractivity contribution >= 4 is 18.7 Å². The molecule has 0 atom stereocenters. The van der Waals surface area contributed by atoms with Crippen molar-refractivity contribution in [2.45, 2.75) is 6.17 Å². The minimum absolute atomic E-state index is 0. The van der Waals surface area contributed by atoms with Gasteiger partial charge in [-0.15, -0.1) is 17.2 Å². The third-order valence-corrected chi connectivity index (χ3v) is 6.94. The number of hydrogen-bond acceptors (Lipinski definition) is 9. The van der Waals surface area contributed by atoms with Crippen LogP contribution in [0.1, 0.15) is 33.2 Å². The number of aldehydes is 1. The number of aliphatic imine (C=N–C) groups is 2. The molecule has 0 saturated carbocycles. The van der Waals surface area contributed by atoms with Crippen molar-refractivity contribution in [3.63, 3.8) is 0 Å². The van der Waals surface area contributed by atoms with E-state index in [4.69, 9.17) is 0 Å². The SMILES string of the molecule is O.O=Cc1ccccc1[O-].[Cu+2].[Ni+3].[O-]c1ccccc1C=NCCN1CCN(CCN=Cc2ccccc2[O-])C1c1ccccc1[O-]. The maximum Gasteiger partial charge on any atom is 3.00 e. The number of nitrogens with zero attached hydrogens (tertiary/aromatic N) is 4. The average molecular weight is 717 g/mol. The summed E-state index contributed by atoms with van der Waals surface area (Å²) in [5.74, 6) is -0.293. The normalized spacial score (nSPS) is 14.5. The standard InChI is InChI=1S/C27H30N4O3.C7H6O2.Cu.Ni.H2O/c32-24-10-4-1-7-21(24)19-28-13-15-30-17-18-31(27(30)23-9-3-6-12-26(23)34)16-14-29-20-22-8-2-5-11-25(22)33;8-5-6-3-1-2-4-7(6)9;;;/h1-12,19-20,27,32-34H,13-18H2;1-5,9H;;;1H2/q;;+2;+3;/p-4. The van der Waals surface area contributed by atoms with Crippen LogP contribution in [0.15, 0.2) is 107 Å². The molecule has 5 rings (SSSR count). The Morgan fingerprint density at radius 3 is 1.35 bits per heavy atom. The number of hydrogen-bond donors (Lipinski definition) is 0. The quantitative estimate of drug-likeness (QED) is 0.136. The summed E-state index contributed by atoms with van der Waals surface area (Å²) in [5.41, 5.74) is 2.11. The van der Waals surface area contributed by atoms with E-state index in [1.54, 1.807) is 61.0 Å². The van der Waals surface area contributed by atoms with Crippen molar-refractivity contribution < 1.29 is 64.3 Å². The van der Waals surface area contributed by atoms with Gasteiger partial charge in [0.25, 0.3) is 0 Å². The van der Waals surface area contributed by atoms with Gasteiger partial charge in [-0.25, -0.2) is 0 Å². The van der Waals surface area contributed by atoms with Crippen LogP contribution in [0.25, 0.3) is 0 Å². The van der Waals surface area contributed by atoms with Crippen molar-refractivity contribution in [1.82, 2.24) is 9.80 Å². The van der Waals surface area contributed by atoms with Crippen LogP contribution in [-0.4, -0.2) is 73.3 Å². The van der Waals surface area contributed by atoms with E-state index in [9.17, 15) is 25.2 Å². The fraction of sp³-hybridized carbons (Fsp3) is 0.206. The molecule has 2 N–H and O–H groups in total. The third-order valence-electron chi connectivity index (χ3n) is 6.94. The first-order valence-electron chi connectivity index (χ1n) is 13.9. The molecule has 0 aliphatic carbocycles. The van der Waals surface area contributed by atoms with Gasteiger partial charge in [0.1, 0.15) is 6.29 Å².